The lowest BCUT2D eigenvalue weighted by Crippen LogP contribution is -2.36. The summed E-state index contributed by atoms with van der Waals surface area (Å²) in [6, 6.07) is 14.8. The van der Waals surface area contributed by atoms with E-state index in [9.17, 15) is 23.2 Å². The molecule has 3 aromatic carbocycles. The standard InChI is InChI=1S/C25H19BrF2N4O3/c1-13-4-3-5-14(2)22(13)30-23(33)21-11-15-10-16(26)6-9-20(15)32(21)31-25(35)24(34)29-19-8-7-17(27)12-18(19)28/h3-12H,1-2H3,(H,29,34)(H,30,33)(H,31,35). The van der Waals surface area contributed by atoms with Gasteiger partial charge in [0, 0.05) is 21.6 Å². The summed E-state index contributed by atoms with van der Waals surface area (Å²) in [6.07, 6.45) is 0. The maximum absolute atomic E-state index is 13.9. The highest BCUT2D eigenvalue weighted by Gasteiger charge is 2.22. The Labute approximate surface area is 207 Å². The molecule has 0 unspecified atom stereocenters. The fourth-order valence-electron chi connectivity index (χ4n) is 3.59. The van der Waals surface area contributed by atoms with E-state index in [0.29, 0.717) is 22.7 Å². The Bertz CT molecular complexity index is 1480. The van der Waals surface area contributed by atoms with E-state index >= 15 is 0 Å². The van der Waals surface area contributed by atoms with Crippen LogP contribution in [-0.2, 0) is 9.59 Å². The number of halogens is 3. The van der Waals surface area contributed by atoms with Gasteiger partial charge in [0.15, 0.2) is 0 Å². The van der Waals surface area contributed by atoms with Crippen LogP contribution < -0.4 is 16.1 Å². The SMILES string of the molecule is Cc1cccc(C)c1NC(=O)c1cc2cc(Br)ccc2n1NC(=O)C(=O)Nc1ccc(F)cc1F. The molecule has 3 N–H and O–H groups in total. The summed E-state index contributed by atoms with van der Waals surface area (Å²) < 4.78 is 29.0. The summed E-state index contributed by atoms with van der Waals surface area (Å²) in [4.78, 5) is 38.3. The second kappa shape index (κ2) is 9.67. The van der Waals surface area contributed by atoms with Gasteiger partial charge in [-0.2, -0.15) is 0 Å². The first kappa shape index (κ1) is 24.1. The predicted molar refractivity (Wildman–Crippen MR) is 133 cm³/mol. The number of carbonyl (C=O) groups excluding carboxylic acids is 3. The van der Waals surface area contributed by atoms with E-state index in [1.54, 1.807) is 24.3 Å². The van der Waals surface area contributed by atoms with E-state index in [1.165, 1.54) is 4.68 Å². The number of nitrogens with zero attached hydrogens (tertiary/aromatic N) is 1. The monoisotopic (exact) mass is 540 g/mol. The molecule has 1 heterocycles. The summed E-state index contributed by atoms with van der Waals surface area (Å²) in [5, 5.41) is 5.58. The number of fused-ring (bicyclic) bond motifs is 1. The van der Waals surface area contributed by atoms with Crippen LogP contribution in [0.25, 0.3) is 10.9 Å². The van der Waals surface area contributed by atoms with Crippen molar-refractivity contribution >= 4 is 55.9 Å². The van der Waals surface area contributed by atoms with Gasteiger partial charge in [-0.05, 0) is 61.4 Å². The predicted octanol–water partition coefficient (Wildman–Crippen LogP) is 5.26. The van der Waals surface area contributed by atoms with Crippen molar-refractivity contribution in [2.24, 2.45) is 0 Å². The molecule has 3 amide bonds. The van der Waals surface area contributed by atoms with Gasteiger partial charge in [-0.25, -0.2) is 13.5 Å². The van der Waals surface area contributed by atoms with Crippen LogP contribution in [0.3, 0.4) is 0 Å². The molecule has 0 saturated heterocycles. The third-order valence-electron chi connectivity index (χ3n) is 5.31. The van der Waals surface area contributed by atoms with Crippen molar-refractivity contribution in [3.63, 3.8) is 0 Å². The van der Waals surface area contributed by atoms with Gasteiger partial charge in [0.2, 0.25) is 0 Å². The minimum atomic E-state index is -1.20. The molecule has 0 bridgehead atoms. The van der Waals surface area contributed by atoms with Gasteiger partial charge >= 0.3 is 11.8 Å². The highest BCUT2D eigenvalue weighted by atomic mass is 79.9. The number of benzene rings is 3. The topological polar surface area (TPSA) is 92.2 Å². The highest BCUT2D eigenvalue weighted by Crippen LogP contribution is 2.25. The lowest BCUT2D eigenvalue weighted by atomic mass is 10.1. The first-order chi connectivity index (χ1) is 16.6. The molecule has 4 aromatic rings. The lowest BCUT2D eigenvalue weighted by molar-refractivity contribution is -0.133. The number of para-hydroxylation sites is 1. The van der Waals surface area contributed by atoms with E-state index in [2.05, 4.69) is 32.0 Å². The molecule has 0 spiro atoms. The van der Waals surface area contributed by atoms with Gasteiger partial charge < -0.3 is 10.6 Å². The normalized spacial score (nSPS) is 10.8. The summed E-state index contributed by atoms with van der Waals surface area (Å²) in [5.74, 6) is -4.73. The van der Waals surface area contributed by atoms with Crippen LogP contribution in [0.15, 0.2) is 65.1 Å². The molecule has 0 aliphatic carbocycles. The zero-order chi connectivity index (χ0) is 25.3. The zero-order valence-electron chi connectivity index (χ0n) is 18.6. The van der Waals surface area contributed by atoms with Crippen molar-refractivity contribution in [2.75, 3.05) is 16.1 Å². The Morgan fingerprint density at radius 2 is 1.57 bits per heavy atom. The van der Waals surface area contributed by atoms with Crippen LogP contribution in [0.4, 0.5) is 20.2 Å². The smallest absolute Gasteiger partial charge is 0.320 e. The van der Waals surface area contributed by atoms with Crippen molar-refractivity contribution < 1.29 is 23.2 Å². The number of hydrogen-bond acceptors (Lipinski definition) is 3. The van der Waals surface area contributed by atoms with Crippen molar-refractivity contribution in [3.05, 3.63) is 93.6 Å². The van der Waals surface area contributed by atoms with Crippen LogP contribution >= 0.6 is 15.9 Å². The van der Waals surface area contributed by atoms with Crippen LogP contribution in [-0.4, -0.2) is 22.4 Å². The first-order valence-corrected chi connectivity index (χ1v) is 11.2. The number of hydrogen-bond donors (Lipinski definition) is 3. The molecule has 0 radical (unpaired) electrons. The molecule has 0 aliphatic heterocycles. The minimum Gasteiger partial charge on any atom is -0.320 e. The van der Waals surface area contributed by atoms with Gasteiger partial charge in [-0.1, -0.05) is 34.1 Å². The number of aryl methyl sites for hydroxylation is 2. The van der Waals surface area contributed by atoms with Gasteiger partial charge in [-0.15, -0.1) is 0 Å². The Balaban J connectivity index is 1.65. The molecule has 10 heteroatoms. The van der Waals surface area contributed by atoms with E-state index in [-0.39, 0.29) is 11.4 Å². The molecule has 0 atom stereocenters. The zero-order valence-corrected chi connectivity index (χ0v) is 20.2. The minimum absolute atomic E-state index is 0.0647. The maximum Gasteiger partial charge on any atom is 0.328 e. The van der Waals surface area contributed by atoms with Crippen LogP contribution in [0, 0.1) is 25.5 Å². The number of anilines is 2. The van der Waals surface area contributed by atoms with E-state index in [4.69, 9.17) is 0 Å². The average Bonchev–Trinajstić information content (AvgIpc) is 3.15. The maximum atomic E-state index is 13.9. The summed E-state index contributed by atoms with van der Waals surface area (Å²) >= 11 is 3.38. The molecule has 178 valence electrons. The Morgan fingerprint density at radius 3 is 2.26 bits per heavy atom. The second-order valence-corrected chi connectivity index (χ2v) is 8.72. The van der Waals surface area contributed by atoms with Gasteiger partial charge in [-0.3, -0.25) is 19.8 Å². The molecule has 4 rings (SSSR count). The first-order valence-electron chi connectivity index (χ1n) is 10.4. The summed E-state index contributed by atoms with van der Waals surface area (Å²) in [6.45, 7) is 3.71. The van der Waals surface area contributed by atoms with E-state index in [0.717, 1.165) is 27.7 Å². The molecule has 0 saturated carbocycles. The number of rotatable bonds is 4. The van der Waals surface area contributed by atoms with E-state index < -0.39 is 29.4 Å². The van der Waals surface area contributed by atoms with Crippen LogP contribution in [0.5, 0.6) is 0 Å². The Hall–Kier alpha value is -4.05. The quantitative estimate of drug-likeness (QED) is 0.308. The largest absolute Gasteiger partial charge is 0.328 e. The Morgan fingerprint density at radius 1 is 0.857 bits per heavy atom. The lowest BCUT2D eigenvalue weighted by Gasteiger charge is -2.15. The van der Waals surface area contributed by atoms with E-state index in [1.807, 2.05) is 32.0 Å². The summed E-state index contributed by atoms with van der Waals surface area (Å²) in [7, 11) is 0. The third-order valence-corrected chi connectivity index (χ3v) is 5.81. The van der Waals surface area contributed by atoms with Gasteiger partial charge in [0.25, 0.3) is 5.91 Å². The molecule has 35 heavy (non-hydrogen) atoms. The number of carbonyl (C=O) groups is 3. The molecule has 7 nitrogen and oxygen atoms in total. The number of aromatic nitrogens is 1. The fraction of sp³-hybridized carbons (Fsp3) is 0.0800. The van der Waals surface area contributed by atoms with Crippen molar-refractivity contribution in [2.45, 2.75) is 13.8 Å². The fourth-order valence-corrected chi connectivity index (χ4v) is 3.96. The van der Waals surface area contributed by atoms with Crippen LogP contribution in [0.1, 0.15) is 21.6 Å². The van der Waals surface area contributed by atoms with Crippen molar-refractivity contribution in [1.29, 1.82) is 0 Å². The number of nitrogens with one attached hydrogen (secondary N) is 3. The molecule has 0 aliphatic rings. The molecule has 0 fully saturated rings. The van der Waals surface area contributed by atoms with Crippen LogP contribution in [0.2, 0.25) is 0 Å². The second-order valence-electron chi connectivity index (χ2n) is 7.81. The average molecular weight is 541 g/mol. The third kappa shape index (κ3) is 5.07. The van der Waals surface area contributed by atoms with Crippen molar-refractivity contribution in [1.82, 2.24) is 4.68 Å². The van der Waals surface area contributed by atoms with Gasteiger partial charge in [0.05, 0.1) is 11.2 Å². The van der Waals surface area contributed by atoms with Gasteiger partial charge in [0.1, 0.15) is 17.3 Å². The molecular formula is C25H19BrF2N4O3. The number of amides is 3. The van der Waals surface area contributed by atoms with Crippen molar-refractivity contribution in [3.8, 4) is 0 Å². The highest BCUT2D eigenvalue weighted by molar-refractivity contribution is 9.10. The Kier molecular flexibility index (Phi) is 6.65. The molecule has 1 aromatic heterocycles. The summed E-state index contributed by atoms with van der Waals surface area (Å²) in [5.41, 5.74) is 4.89. The molecular weight excluding hydrogens is 522 g/mol.